The van der Waals surface area contributed by atoms with Gasteiger partial charge in [-0.25, -0.2) is 0 Å². The summed E-state index contributed by atoms with van der Waals surface area (Å²) in [6, 6.07) is 6.33. The van der Waals surface area contributed by atoms with E-state index in [1.165, 1.54) is 19.4 Å². The fraction of sp³-hybridized carbons (Fsp3) is 0.533. The van der Waals surface area contributed by atoms with Gasteiger partial charge in [0.1, 0.15) is 5.75 Å². The van der Waals surface area contributed by atoms with Gasteiger partial charge < -0.3 is 25.9 Å². The molecule has 21 heavy (non-hydrogen) atoms. The van der Waals surface area contributed by atoms with Gasteiger partial charge in [0.25, 0.3) is 0 Å². The van der Waals surface area contributed by atoms with Gasteiger partial charge >= 0.3 is 0 Å². The number of likely N-dealkylation sites (tertiary alicyclic amines) is 1. The van der Waals surface area contributed by atoms with Crippen LogP contribution in [0.25, 0.3) is 0 Å². The SMILES string of the molecule is COc1ccc(CNCC2CCCN2C)cc1/C(N)=N/O. The summed E-state index contributed by atoms with van der Waals surface area (Å²) in [6.07, 6.45) is 2.53. The molecule has 1 aromatic carbocycles. The van der Waals surface area contributed by atoms with Crippen molar-refractivity contribution < 1.29 is 9.94 Å². The van der Waals surface area contributed by atoms with Crippen molar-refractivity contribution in [1.82, 2.24) is 10.2 Å². The molecule has 2 rings (SSSR count). The van der Waals surface area contributed by atoms with Crippen LogP contribution in [-0.2, 0) is 6.54 Å². The van der Waals surface area contributed by atoms with Gasteiger partial charge in [0.05, 0.1) is 12.7 Å². The minimum Gasteiger partial charge on any atom is -0.496 e. The predicted octanol–water partition coefficient (Wildman–Crippen LogP) is 0.974. The highest BCUT2D eigenvalue weighted by Gasteiger charge is 2.19. The molecule has 0 bridgehead atoms. The second-order valence-electron chi connectivity index (χ2n) is 5.43. The quantitative estimate of drug-likeness (QED) is 0.315. The first kappa shape index (κ1) is 15.6. The molecule has 0 saturated carbocycles. The van der Waals surface area contributed by atoms with Gasteiger partial charge in [-0.15, -0.1) is 0 Å². The number of nitrogens with two attached hydrogens (primary N) is 1. The molecule has 1 aliphatic rings. The summed E-state index contributed by atoms with van der Waals surface area (Å²) in [5.74, 6) is 0.661. The number of nitrogens with zero attached hydrogens (tertiary/aromatic N) is 2. The average molecular weight is 292 g/mol. The van der Waals surface area contributed by atoms with Crippen molar-refractivity contribution in [2.75, 3.05) is 27.2 Å². The molecule has 0 radical (unpaired) electrons. The molecule has 1 unspecified atom stereocenters. The fourth-order valence-electron chi connectivity index (χ4n) is 2.74. The molecule has 1 atom stereocenters. The van der Waals surface area contributed by atoms with E-state index in [4.69, 9.17) is 15.7 Å². The lowest BCUT2D eigenvalue weighted by Crippen LogP contribution is -2.35. The van der Waals surface area contributed by atoms with E-state index in [2.05, 4.69) is 22.4 Å². The third-order valence-corrected chi connectivity index (χ3v) is 4.03. The summed E-state index contributed by atoms with van der Waals surface area (Å²) in [5.41, 5.74) is 7.37. The van der Waals surface area contributed by atoms with Crippen LogP contribution in [0.1, 0.15) is 24.0 Å². The normalized spacial score (nSPS) is 19.9. The Balaban J connectivity index is 1.97. The van der Waals surface area contributed by atoms with E-state index in [0.29, 0.717) is 17.4 Å². The number of amidine groups is 1. The van der Waals surface area contributed by atoms with E-state index in [1.807, 2.05) is 18.2 Å². The third-order valence-electron chi connectivity index (χ3n) is 4.03. The number of oxime groups is 1. The highest BCUT2D eigenvalue weighted by molar-refractivity contribution is 5.99. The van der Waals surface area contributed by atoms with E-state index in [-0.39, 0.29) is 5.84 Å². The summed E-state index contributed by atoms with van der Waals surface area (Å²) in [4.78, 5) is 2.39. The van der Waals surface area contributed by atoms with Crippen LogP contribution in [0.5, 0.6) is 5.75 Å². The Kier molecular flexibility index (Phi) is 5.41. The number of rotatable bonds is 6. The van der Waals surface area contributed by atoms with Gasteiger partial charge in [0.15, 0.2) is 5.84 Å². The second-order valence-corrected chi connectivity index (χ2v) is 5.43. The summed E-state index contributed by atoms with van der Waals surface area (Å²) in [7, 11) is 3.74. The van der Waals surface area contributed by atoms with Crippen molar-refractivity contribution in [3.8, 4) is 5.75 Å². The average Bonchev–Trinajstić information content (AvgIpc) is 2.91. The first-order valence-electron chi connectivity index (χ1n) is 7.21. The molecule has 1 aliphatic heterocycles. The van der Waals surface area contributed by atoms with Crippen LogP contribution in [0.3, 0.4) is 0 Å². The predicted molar refractivity (Wildman–Crippen MR) is 82.9 cm³/mol. The third kappa shape index (κ3) is 3.86. The molecule has 4 N–H and O–H groups in total. The number of benzene rings is 1. The zero-order valence-electron chi connectivity index (χ0n) is 12.7. The topological polar surface area (TPSA) is 83.1 Å². The Morgan fingerprint density at radius 3 is 3.00 bits per heavy atom. The molecule has 116 valence electrons. The number of ether oxygens (including phenoxy) is 1. The molecule has 1 heterocycles. The molecule has 0 aromatic heterocycles. The van der Waals surface area contributed by atoms with Crippen LogP contribution in [0.4, 0.5) is 0 Å². The highest BCUT2D eigenvalue weighted by Crippen LogP contribution is 2.20. The number of likely N-dealkylation sites (N-methyl/N-ethyl adjacent to an activating group) is 1. The van der Waals surface area contributed by atoms with Gasteiger partial charge in [0, 0.05) is 19.1 Å². The first-order chi connectivity index (χ1) is 10.2. The Labute approximate surface area is 125 Å². The Hall–Kier alpha value is -1.79. The minimum absolute atomic E-state index is 0.0595. The summed E-state index contributed by atoms with van der Waals surface area (Å²) in [5, 5.41) is 15.4. The van der Waals surface area contributed by atoms with Crippen LogP contribution in [-0.4, -0.2) is 49.2 Å². The summed E-state index contributed by atoms with van der Waals surface area (Å²) >= 11 is 0. The lowest BCUT2D eigenvalue weighted by atomic mass is 10.1. The number of nitrogens with one attached hydrogen (secondary N) is 1. The van der Waals surface area contributed by atoms with Gasteiger partial charge in [-0.3, -0.25) is 0 Å². The van der Waals surface area contributed by atoms with E-state index in [9.17, 15) is 0 Å². The molecular weight excluding hydrogens is 268 g/mol. The maximum absolute atomic E-state index is 8.83. The highest BCUT2D eigenvalue weighted by atomic mass is 16.5. The molecule has 6 heteroatoms. The zero-order valence-corrected chi connectivity index (χ0v) is 12.7. The number of methoxy groups -OCH3 is 1. The fourth-order valence-corrected chi connectivity index (χ4v) is 2.74. The maximum atomic E-state index is 8.83. The van der Waals surface area contributed by atoms with Gasteiger partial charge in [-0.05, 0) is 44.1 Å². The van der Waals surface area contributed by atoms with E-state index in [1.54, 1.807) is 7.11 Å². The Bertz CT molecular complexity index is 504. The van der Waals surface area contributed by atoms with Crippen molar-refractivity contribution in [3.63, 3.8) is 0 Å². The van der Waals surface area contributed by atoms with Gasteiger partial charge in [-0.1, -0.05) is 11.2 Å². The smallest absolute Gasteiger partial charge is 0.173 e. The van der Waals surface area contributed by atoms with Crippen LogP contribution in [0.2, 0.25) is 0 Å². The van der Waals surface area contributed by atoms with Crippen molar-refractivity contribution in [3.05, 3.63) is 29.3 Å². The van der Waals surface area contributed by atoms with E-state index in [0.717, 1.165) is 18.7 Å². The minimum atomic E-state index is 0.0595. The molecule has 0 aliphatic carbocycles. The number of hydrogen-bond donors (Lipinski definition) is 3. The van der Waals surface area contributed by atoms with E-state index >= 15 is 0 Å². The van der Waals surface area contributed by atoms with Crippen LogP contribution >= 0.6 is 0 Å². The zero-order chi connectivity index (χ0) is 15.2. The molecule has 1 fully saturated rings. The lowest BCUT2D eigenvalue weighted by Gasteiger charge is -2.20. The first-order valence-corrected chi connectivity index (χ1v) is 7.21. The van der Waals surface area contributed by atoms with Crippen molar-refractivity contribution in [1.29, 1.82) is 0 Å². The van der Waals surface area contributed by atoms with E-state index < -0.39 is 0 Å². The Morgan fingerprint density at radius 1 is 1.57 bits per heavy atom. The second kappa shape index (κ2) is 7.28. The summed E-state index contributed by atoms with van der Waals surface area (Å²) < 4.78 is 5.22. The van der Waals surface area contributed by atoms with Crippen LogP contribution < -0.4 is 15.8 Å². The van der Waals surface area contributed by atoms with Gasteiger partial charge in [-0.2, -0.15) is 0 Å². The number of hydrogen-bond acceptors (Lipinski definition) is 5. The molecule has 0 amide bonds. The van der Waals surface area contributed by atoms with Crippen molar-refractivity contribution in [2.24, 2.45) is 10.9 Å². The van der Waals surface area contributed by atoms with Crippen LogP contribution in [0, 0.1) is 0 Å². The lowest BCUT2D eigenvalue weighted by molar-refractivity contribution is 0.300. The monoisotopic (exact) mass is 292 g/mol. The molecule has 1 saturated heterocycles. The van der Waals surface area contributed by atoms with Gasteiger partial charge in [0.2, 0.25) is 0 Å². The van der Waals surface area contributed by atoms with Crippen molar-refractivity contribution >= 4 is 5.84 Å². The van der Waals surface area contributed by atoms with Crippen LogP contribution in [0.15, 0.2) is 23.4 Å². The summed E-state index contributed by atoms with van der Waals surface area (Å²) in [6.45, 7) is 2.91. The van der Waals surface area contributed by atoms with Crippen molar-refractivity contribution in [2.45, 2.75) is 25.4 Å². The molecular formula is C15H24N4O2. The Morgan fingerprint density at radius 2 is 2.38 bits per heavy atom. The molecule has 1 aromatic rings. The largest absolute Gasteiger partial charge is 0.496 e. The molecule has 6 nitrogen and oxygen atoms in total. The molecule has 0 spiro atoms. The maximum Gasteiger partial charge on any atom is 0.173 e. The standard InChI is InChI=1S/C15H24N4O2/c1-19-7-3-4-12(19)10-17-9-11-5-6-14(21-2)13(8-11)15(16)18-20/h5-6,8,12,17,20H,3-4,7,9-10H2,1-2H3,(H2,16,18).